The summed E-state index contributed by atoms with van der Waals surface area (Å²) in [5.74, 6) is -12.0. The Morgan fingerprint density at radius 3 is 1.67 bits per heavy atom. The minimum absolute atomic E-state index is 0.0304. The summed E-state index contributed by atoms with van der Waals surface area (Å²) in [7, 11) is 0. The first-order valence-electron chi connectivity index (χ1n) is 33.7. The van der Waals surface area contributed by atoms with Gasteiger partial charge in [0.05, 0.1) is 89.7 Å². The minimum atomic E-state index is -1.88. The zero-order chi connectivity index (χ0) is 73.6. The number of carboxylic acids is 1. The topological polar surface area (TPSA) is 516 Å². The van der Waals surface area contributed by atoms with Crippen molar-refractivity contribution in [1.82, 2.24) is 53.2 Å². The molecule has 100 heavy (non-hydrogen) atoms. The number of primary amides is 3. The summed E-state index contributed by atoms with van der Waals surface area (Å²) in [5.41, 5.74) is 16.8. The Hall–Kier alpha value is -7.87. The van der Waals surface area contributed by atoms with Crippen LogP contribution in [-0.4, -0.2) is 244 Å². The smallest absolute Gasteiger partial charge is 0.315 e. The highest BCUT2D eigenvalue weighted by atomic mass is 32.2. The average Bonchev–Trinajstić information content (AvgIpc) is 1.35. The van der Waals surface area contributed by atoms with Gasteiger partial charge >= 0.3 is 12.0 Å². The maximum atomic E-state index is 14.6. The third-order valence-corrected chi connectivity index (χ3v) is 18.1. The Kier molecular flexibility index (Phi) is 38.7. The molecule has 4 rings (SSSR count). The predicted molar refractivity (Wildman–Crippen MR) is 357 cm³/mol. The van der Waals surface area contributed by atoms with E-state index in [1.165, 1.54) is 0 Å². The number of rotatable bonds is 52. The summed E-state index contributed by atoms with van der Waals surface area (Å²) < 4.78 is 48.5. The van der Waals surface area contributed by atoms with Crippen molar-refractivity contribution in [2.24, 2.45) is 23.1 Å². The fraction of sp³-hybridized carbons (Fsp3) is 0.703. The molecule has 36 heteroatoms. The summed E-state index contributed by atoms with van der Waals surface area (Å²) >= 11 is 1.84. The highest BCUT2D eigenvalue weighted by Gasteiger charge is 2.46. The number of alkyl halides is 1. The van der Waals surface area contributed by atoms with Gasteiger partial charge in [0.1, 0.15) is 43.5 Å². The lowest BCUT2D eigenvalue weighted by Crippen LogP contribution is -2.61. The highest BCUT2D eigenvalue weighted by Crippen LogP contribution is 2.35. The standard InChI is InChI=1S/C64H102FN13O21S/c1-38(79)56(62(92)70-33-53(84)71-37-64(36-65)98-39(2)42(40(3)99-64)14-8-5-9-17-55(86)87)77-60(90)45(20-23-51(68)82)74-58(88)43(18-21-49(66)80)73-59(89)44(19-22-50(67)81)75-61(91)46(32-41-12-6-4-7-13-41)72-54(85)34-97-31-30-96-29-28-95-27-26-94-25-24-69-52(83)16-11-10-15-48-57-47(35-100-48)76-63(93)78-57/h4,6-7,12-13,38-40,42-48,56-57,79H,5,8-11,14-37H2,1-3H3,(H2,66,80)(H2,67,81)(H2,68,82)(H,69,83)(H,70,92)(H,71,84)(H,72,85)(H,73,89)(H,74,88)(H,75,91)(H,77,90)(H,86,87)(H2,76,78,93)/t38-,39?,40?,42?,43+,44+,45+,46+,47+,48+,56+,57+,64?/m1/s1. The highest BCUT2D eigenvalue weighted by molar-refractivity contribution is 8.00. The molecule has 2 unspecified atom stereocenters. The molecule has 3 fully saturated rings. The van der Waals surface area contributed by atoms with E-state index in [1.54, 1.807) is 44.2 Å². The molecule has 3 aliphatic rings. The van der Waals surface area contributed by atoms with E-state index in [9.17, 15) is 71.8 Å². The van der Waals surface area contributed by atoms with Gasteiger partial charge in [-0.05, 0) is 71.3 Å². The Bertz CT molecular complexity index is 2830. The number of carbonyl (C=O) groups excluding carboxylic acids is 12. The number of urea groups is 1. The predicted octanol–water partition coefficient (Wildman–Crippen LogP) is -2.89. The van der Waals surface area contributed by atoms with E-state index < -0.39 is 184 Å². The Morgan fingerprint density at radius 1 is 0.610 bits per heavy atom. The van der Waals surface area contributed by atoms with Crippen LogP contribution in [0.4, 0.5) is 9.18 Å². The number of halogens is 1. The summed E-state index contributed by atoms with van der Waals surface area (Å²) in [4.78, 5) is 167. The number of amides is 13. The van der Waals surface area contributed by atoms with Crippen molar-refractivity contribution in [3.8, 4) is 0 Å². The van der Waals surface area contributed by atoms with Crippen molar-refractivity contribution < 1.29 is 105 Å². The van der Waals surface area contributed by atoms with Crippen LogP contribution in [0.3, 0.4) is 0 Å². The number of carboxylic acid groups (broad SMARTS) is 1. The molecule has 13 amide bonds. The molecule has 562 valence electrons. The molecule has 11 atom stereocenters. The van der Waals surface area contributed by atoms with Crippen molar-refractivity contribution in [2.45, 2.75) is 195 Å². The van der Waals surface area contributed by atoms with Crippen molar-refractivity contribution in [1.29, 1.82) is 0 Å². The monoisotopic (exact) mass is 1440 g/mol. The van der Waals surface area contributed by atoms with Gasteiger partial charge in [-0.25, -0.2) is 9.18 Å². The van der Waals surface area contributed by atoms with E-state index in [4.69, 9.17) is 50.7 Å². The number of nitrogens with one attached hydrogen (secondary N) is 10. The van der Waals surface area contributed by atoms with Gasteiger partial charge < -0.3 is 109 Å². The van der Waals surface area contributed by atoms with Crippen molar-refractivity contribution in [3.05, 3.63) is 35.9 Å². The summed E-state index contributed by atoms with van der Waals surface area (Å²) in [5, 5.41) is 45.5. The lowest BCUT2D eigenvalue weighted by molar-refractivity contribution is -0.332. The molecule has 18 N–H and O–H groups in total. The molecular formula is C64H102FN13O21S. The third-order valence-electron chi connectivity index (χ3n) is 16.5. The van der Waals surface area contributed by atoms with Crippen LogP contribution in [0.1, 0.15) is 123 Å². The SMILES string of the molecule is CC1OC(CF)(CNC(=O)CNC(=O)[C@@H](NC(=O)[C@H](CCC(N)=O)NC(=O)[C@H](CCC(N)=O)NC(=O)[C@H](CCC(N)=O)NC(=O)[C@H](Cc2ccccc2)NC(=O)COCCOCCOCCOCCNC(=O)CCCC[C@@H]2SC[C@@H]3NC(=O)N[C@@H]32)[C@@H](C)O)OC(C)C1CCCCCC(=O)O. The second-order valence-corrected chi connectivity index (χ2v) is 26.0. The number of aliphatic carboxylic acids is 1. The van der Waals surface area contributed by atoms with Gasteiger partial charge in [-0.3, -0.25) is 57.5 Å². The molecule has 1 aromatic rings. The number of fused-ring (bicyclic) bond motifs is 1. The maximum Gasteiger partial charge on any atom is 0.315 e. The molecule has 0 aromatic heterocycles. The molecule has 3 saturated heterocycles. The van der Waals surface area contributed by atoms with Gasteiger partial charge in [0.25, 0.3) is 0 Å². The van der Waals surface area contributed by atoms with Crippen LogP contribution in [-0.2, 0) is 92.4 Å². The number of hydrogen-bond acceptors (Lipinski definition) is 21. The van der Waals surface area contributed by atoms with Crippen molar-refractivity contribution >= 4 is 88.7 Å². The number of aliphatic hydroxyl groups is 1. The van der Waals surface area contributed by atoms with Crippen LogP contribution in [0.15, 0.2) is 30.3 Å². The maximum absolute atomic E-state index is 14.6. The molecule has 0 bridgehead atoms. The molecule has 1 aromatic carbocycles. The first-order valence-corrected chi connectivity index (χ1v) is 34.8. The molecule has 3 aliphatic heterocycles. The zero-order valence-corrected chi connectivity index (χ0v) is 57.8. The van der Waals surface area contributed by atoms with Gasteiger partial charge in [-0.2, -0.15) is 11.8 Å². The van der Waals surface area contributed by atoms with E-state index in [0.29, 0.717) is 56.1 Å². The first-order chi connectivity index (χ1) is 47.7. The largest absolute Gasteiger partial charge is 0.481 e. The molecule has 0 aliphatic carbocycles. The lowest BCUT2D eigenvalue weighted by Gasteiger charge is -2.46. The number of carbonyl (C=O) groups is 13. The molecule has 0 spiro atoms. The number of unbranched alkanes of at least 4 members (excludes halogenated alkanes) is 3. The number of ether oxygens (including phenoxy) is 6. The Labute approximate surface area is 584 Å². The van der Waals surface area contributed by atoms with E-state index >= 15 is 0 Å². The molecule has 3 heterocycles. The van der Waals surface area contributed by atoms with Crippen LogP contribution in [0.25, 0.3) is 0 Å². The van der Waals surface area contributed by atoms with Crippen LogP contribution in [0.2, 0.25) is 0 Å². The molecular weight excluding hydrogens is 1340 g/mol. The van der Waals surface area contributed by atoms with Crippen LogP contribution >= 0.6 is 11.8 Å². The second kappa shape index (κ2) is 45.8. The molecule has 0 saturated carbocycles. The molecule has 0 radical (unpaired) electrons. The second-order valence-electron chi connectivity index (χ2n) is 24.7. The minimum Gasteiger partial charge on any atom is -0.481 e. The van der Waals surface area contributed by atoms with Crippen LogP contribution in [0.5, 0.6) is 0 Å². The zero-order valence-electron chi connectivity index (χ0n) is 57.0. The van der Waals surface area contributed by atoms with E-state index in [-0.39, 0.29) is 82.4 Å². The molecule has 34 nitrogen and oxygen atoms in total. The van der Waals surface area contributed by atoms with Crippen molar-refractivity contribution in [2.75, 3.05) is 84.9 Å². The lowest BCUT2D eigenvalue weighted by atomic mass is 9.89. The Morgan fingerprint density at radius 2 is 1.13 bits per heavy atom. The van der Waals surface area contributed by atoms with Gasteiger partial charge in [0.15, 0.2) is 0 Å². The number of aliphatic hydroxyl groups excluding tert-OH is 1. The van der Waals surface area contributed by atoms with E-state index in [2.05, 4.69) is 53.2 Å². The van der Waals surface area contributed by atoms with Crippen LogP contribution < -0.4 is 70.4 Å². The van der Waals surface area contributed by atoms with Crippen LogP contribution in [0, 0.1) is 5.92 Å². The number of benzene rings is 1. The summed E-state index contributed by atoms with van der Waals surface area (Å²) in [6, 6.07) is 0.317. The fourth-order valence-electron chi connectivity index (χ4n) is 11.2. The third kappa shape index (κ3) is 32.6. The normalized spacial score (nSPS) is 21.0. The van der Waals surface area contributed by atoms with E-state index in [0.717, 1.165) is 31.9 Å². The summed E-state index contributed by atoms with van der Waals surface area (Å²) in [6.45, 7) is 3.33. The number of nitrogens with two attached hydrogens (primary N) is 3. The number of thioether (sulfide) groups is 1. The van der Waals surface area contributed by atoms with E-state index in [1.807, 2.05) is 11.8 Å². The van der Waals surface area contributed by atoms with Gasteiger partial charge in [-0.1, -0.05) is 49.6 Å². The summed E-state index contributed by atoms with van der Waals surface area (Å²) in [6.07, 6.45) is -0.432. The number of hydrogen-bond donors (Lipinski definition) is 15. The van der Waals surface area contributed by atoms with Gasteiger partial charge in [-0.15, -0.1) is 0 Å². The average molecular weight is 1440 g/mol. The van der Waals surface area contributed by atoms with Gasteiger partial charge in [0, 0.05) is 62.0 Å². The first kappa shape index (κ1) is 84.5. The fourth-order valence-corrected chi connectivity index (χ4v) is 12.8. The Balaban J connectivity index is 1.26. The van der Waals surface area contributed by atoms with Crippen molar-refractivity contribution in [3.63, 3.8) is 0 Å². The van der Waals surface area contributed by atoms with Gasteiger partial charge in [0.2, 0.25) is 70.8 Å². The quantitative estimate of drug-likeness (QED) is 0.0230.